The number of imide groups is 1. The van der Waals surface area contributed by atoms with Gasteiger partial charge in [0.05, 0.1) is 29.3 Å². The molecule has 146 valence electrons. The minimum Gasteiger partial charge on any atom is -0.341 e. The van der Waals surface area contributed by atoms with Gasteiger partial charge in [0.15, 0.2) is 0 Å². The van der Waals surface area contributed by atoms with E-state index in [0.29, 0.717) is 36.5 Å². The third kappa shape index (κ3) is 2.73. The lowest BCUT2D eigenvalue weighted by Crippen LogP contribution is -2.37. The van der Waals surface area contributed by atoms with E-state index in [2.05, 4.69) is 4.98 Å². The van der Waals surface area contributed by atoms with Crippen molar-refractivity contribution in [3.05, 3.63) is 70.5 Å². The van der Waals surface area contributed by atoms with E-state index in [4.69, 9.17) is 0 Å². The molecule has 2 aliphatic heterocycles. The van der Waals surface area contributed by atoms with Crippen LogP contribution in [-0.4, -0.2) is 39.4 Å². The molecular formula is C22H20N4O3. The first kappa shape index (κ1) is 17.6. The standard InChI is InChI=1S/C22H20N4O3/c1-24-19(27)15-9-5-6-10-18(15)23-22(24)25-12-16-17(13-25)21(29)26(20(16)28)11-14-7-3-2-4-8-14/h2-10,16-17H,11-13H2,1H3. The molecule has 0 N–H and O–H groups in total. The lowest BCUT2D eigenvalue weighted by Gasteiger charge is -2.23. The van der Waals surface area contributed by atoms with Gasteiger partial charge in [0, 0.05) is 20.1 Å². The van der Waals surface area contributed by atoms with Crippen LogP contribution in [-0.2, 0) is 23.2 Å². The number of carbonyl (C=O) groups is 2. The molecule has 2 saturated heterocycles. The zero-order valence-corrected chi connectivity index (χ0v) is 16.0. The minimum absolute atomic E-state index is 0.133. The summed E-state index contributed by atoms with van der Waals surface area (Å²) in [5.41, 5.74) is 1.42. The Morgan fingerprint density at radius 1 is 0.897 bits per heavy atom. The summed E-state index contributed by atoms with van der Waals surface area (Å²) in [4.78, 5) is 46.4. The normalized spacial score (nSPS) is 21.3. The molecule has 0 spiro atoms. The Kier molecular flexibility index (Phi) is 3.97. The number of likely N-dealkylation sites (tertiary alicyclic amines) is 1. The zero-order chi connectivity index (χ0) is 20.1. The van der Waals surface area contributed by atoms with Crippen molar-refractivity contribution in [1.29, 1.82) is 0 Å². The summed E-state index contributed by atoms with van der Waals surface area (Å²) in [6, 6.07) is 16.7. The van der Waals surface area contributed by atoms with E-state index in [9.17, 15) is 14.4 Å². The molecule has 5 rings (SSSR count). The summed E-state index contributed by atoms with van der Waals surface area (Å²) in [6.45, 7) is 1.08. The summed E-state index contributed by atoms with van der Waals surface area (Å²) in [5.74, 6) is -0.572. The van der Waals surface area contributed by atoms with Crippen LogP contribution in [0.5, 0.6) is 0 Å². The van der Waals surface area contributed by atoms with Gasteiger partial charge < -0.3 is 4.90 Å². The van der Waals surface area contributed by atoms with Gasteiger partial charge in [-0.05, 0) is 17.7 Å². The number of hydrogen-bond donors (Lipinski definition) is 0. The van der Waals surface area contributed by atoms with E-state index in [1.165, 1.54) is 9.47 Å². The van der Waals surface area contributed by atoms with Crippen LogP contribution in [0.25, 0.3) is 10.9 Å². The number of benzene rings is 2. The monoisotopic (exact) mass is 388 g/mol. The number of amides is 2. The van der Waals surface area contributed by atoms with Crippen LogP contribution < -0.4 is 10.5 Å². The molecule has 2 unspecified atom stereocenters. The highest BCUT2D eigenvalue weighted by Crippen LogP contribution is 2.36. The van der Waals surface area contributed by atoms with Crippen molar-refractivity contribution in [1.82, 2.24) is 14.5 Å². The van der Waals surface area contributed by atoms with Crippen molar-refractivity contribution in [2.45, 2.75) is 6.54 Å². The lowest BCUT2D eigenvalue weighted by atomic mass is 10.00. The Morgan fingerprint density at radius 3 is 2.21 bits per heavy atom. The lowest BCUT2D eigenvalue weighted by molar-refractivity contribution is -0.140. The molecule has 0 aliphatic carbocycles. The largest absolute Gasteiger partial charge is 0.341 e. The number of para-hydroxylation sites is 1. The van der Waals surface area contributed by atoms with Gasteiger partial charge in [-0.15, -0.1) is 0 Å². The highest BCUT2D eigenvalue weighted by molar-refractivity contribution is 6.06. The fourth-order valence-corrected chi connectivity index (χ4v) is 4.39. The molecule has 29 heavy (non-hydrogen) atoms. The topological polar surface area (TPSA) is 75.5 Å². The molecule has 2 aromatic carbocycles. The average Bonchev–Trinajstić information content (AvgIpc) is 3.27. The fourth-order valence-electron chi connectivity index (χ4n) is 4.39. The number of nitrogens with zero attached hydrogens (tertiary/aromatic N) is 4. The van der Waals surface area contributed by atoms with E-state index in [1.54, 1.807) is 19.2 Å². The maximum absolute atomic E-state index is 12.9. The number of anilines is 1. The van der Waals surface area contributed by atoms with Gasteiger partial charge in [-0.2, -0.15) is 0 Å². The highest BCUT2D eigenvalue weighted by Gasteiger charge is 2.52. The fraction of sp³-hybridized carbons (Fsp3) is 0.273. The van der Waals surface area contributed by atoms with Crippen LogP contribution in [0.15, 0.2) is 59.4 Å². The molecule has 0 radical (unpaired) electrons. The Hall–Kier alpha value is -3.48. The molecule has 2 amide bonds. The molecule has 2 atom stereocenters. The first-order chi connectivity index (χ1) is 14.0. The van der Waals surface area contributed by atoms with Gasteiger partial charge in [0.25, 0.3) is 5.56 Å². The summed E-state index contributed by atoms with van der Waals surface area (Å²) < 4.78 is 1.50. The van der Waals surface area contributed by atoms with Gasteiger partial charge in [0.2, 0.25) is 17.8 Å². The Labute approximate surface area is 167 Å². The SMILES string of the molecule is Cn1c(N2CC3C(=O)N(Cc4ccccc4)C(=O)C3C2)nc2ccccc2c1=O. The predicted molar refractivity (Wildman–Crippen MR) is 108 cm³/mol. The van der Waals surface area contributed by atoms with E-state index in [1.807, 2.05) is 47.4 Å². The molecule has 3 heterocycles. The van der Waals surface area contributed by atoms with E-state index in [0.717, 1.165) is 5.56 Å². The van der Waals surface area contributed by atoms with Crippen LogP contribution in [0.3, 0.4) is 0 Å². The Bertz CT molecular complexity index is 1160. The second-order valence-corrected chi connectivity index (χ2v) is 7.66. The van der Waals surface area contributed by atoms with Gasteiger partial charge in [-0.3, -0.25) is 23.9 Å². The molecule has 3 aromatic rings. The van der Waals surface area contributed by atoms with Crippen molar-refractivity contribution < 1.29 is 9.59 Å². The molecular weight excluding hydrogens is 368 g/mol. The number of hydrogen-bond acceptors (Lipinski definition) is 5. The molecule has 0 saturated carbocycles. The van der Waals surface area contributed by atoms with Crippen molar-refractivity contribution in [3.63, 3.8) is 0 Å². The first-order valence-corrected chi connectivity index (χ1v) is 9.64. The maximum atomic E-state index is 12.9. The van der Waals surface area contributed by atoms with Gasteiger partial charge in [0.1, 0.15) is 0 Å². The molecule has 1 aromatic heterocycles. The number of aromatic nitrogens is 2. The van der Waals surface area contributed by atoms with Crippen molar-refractivity contribution in [2.75, 3.05) is 18.0 Å². The van der Waals surface area contributed by atoms with E-state index < -0.39 is 11.8 Å². The molecule has 7 nitrogen and oxygen atoms in total. The number of carbonyl (C=O) groups excluding carboxylic acids is 2. The average molecular weight is 388 g/mol. The number of fused-ring (bicyclic) bond motifs is 2. The predicted octanol–water partition coefficient (Wildman–Crippen LogP) is 1.55. The van der Waals surface area contributed by atoms with Crippen LogP contribution in [0, 0.1) is 11.8 Å². The quantitative estimate of drug-likeness (QED) is 0.637. The summed E-state index contributed by atoms with van der Waals surface area (Å²) >= 11 is 0. The Balaban J connectivity index is 1.43. The Morgan fingerprint density at radius 2 is 1.52 bits per heavy atom. The van der Waals surface area contributed by atoms with E-state index >= 15 is 0 Å². The summed E-state index contributed by atoms with van der Waals surface area (Å²) in [5, 5.41) is 0.555. The van der Waals surface area contributed by atoms with Gasteiger partial charge in [-0.1, -0.05) is 42.5 Å². The third-order valence-electron chi connectivity index (χ3n) is 5.91. The first-order valence-electron chi connectivity index (χ1n) is 9.64. The second-order valence-electron chi connectivity index (χ2n) is 7.66. The molecule has 7 heteroatoms. The molecule has 2 aliphatic rings. The van der Waals surface area contributed by atoms with Gasteiger partial charge >= 0.3 is 0 Å². The van der Waals surface area contributed by atoms with E-state index in [-0.39, 0.29) is 17.4 Å². The number of rotatable bonds is 3. The third-order valence-corrected chi connectivity index (χ3v) is 5.91. The van der Waals surface area contributed by atoms with Crippen molar-refractivity contribution >= 4 is 28.7 Å². The van der Waals surface area contributed by atoms with Gasteiger partial charge in [-0.25, -0.2) is 4.98 Å². The van der Waals surface area contributed by atoms with Crippen molar-refractivity contribution in [3.8, 4) is 0 Å². The maximum Gasteiger partial charge on any atom is 0.262 e. The summed E-state index contributed by atoms with van der Waals surface area (Å²) in [7, 11) is 1.68. The second kappa shape index (κ2) is 6.55. The van der Waals surface area contributed by atoms with Crippen LogP contribution in [0.1, 0.15) is 5.56 Å². The van der Waals surface area contributed by atoms with Crippen LogP contribution in [0.4, 0.5) is 5.95 Å². The molecule has 0 bridgehead atoms. The zero-order valence-electron chi connectivity index (χ0n) is 16.0. The van der Waals surface area contributed by atoms with Crippen LogP contribution in [0.2, 0.25) is 0 Å². The van der Waals surface area contributed by atoms with Crippen molar-refractivity contribution in [2.24, 2.45) is 18.9 Å². The highest BCUT2D eigenvalue weighted by atomic mass is 16.2. The minimum atomic E-state index is -0.394. The smallest absolute Gasteiger partial charge is 0.262 e. The molecule has 2 fully saturated rings. The summed E-state index contributed by atoms with van der Waals surface area (Å²) in [6.07, 6.45) is 0. The van der Waals surface area contributed by atoms with Crippen LogP contribution >= 0.6 is 0 Å².